The number of benzene rings is 2. The molecular formula is C23H24ClN3O3S. The van der Waals surface area contributed by atoms with Crippen LogP contribution in [-0.2, 0) is 9.84 Å². The Morgan fingerprint density at radius 3 is 2.61 bits per heavy atom. The van der Waals surface area contributed by atoms with Gasteiger partial charge in [-0.3, -0.25) is 4.79 Å². The van der Waals surface area contributed by atoms with Crippen molar-refractivity contribution in [3.05, 3.63) is 76.6 Å². The van der Waals surface area contributed by atoms with Crippen molar-refractivity contribution >= 4 is 27.3 Å². The molecule has 0 unspecified atom stereocenters. The molecule has 8 heteroatoms. The zero-order valence-electron chi connectivity index (χ0n) is 17.2. The molecule has 0 aliphatic heterocycles. The van der Waals surface area contributed by atoms with E-state index in [4.69, 9.17) is 11.6 Å². The smallest absolute Gasteiger partial charge is 0.254 e. The lowest BCUT2D eigenvalue weighted by molar-refractivity contribution is 0.0952. The van der Waals surface area contributed by atoms with Gasteiger partial charge in [-0.25, -0.2) is 13.1 Å². The molecule has 0 spiro atoms. The van der Waals surface area contributed by atoms with Crippen LogP contribution in [0.2, 0.25) is 5.02 Å². The first-order valence-corrected chi connectivity index (χ1v) is 12.3. The van der Waals surface area contributed by atoms with E-state index < -0.39 is 9.84 Å². The summed E-state index contributed by atoms with van der Waals surface area (Å²) in [6, 6.07) is 14.1. The fourth-order valence-corrected chi connectivity index (χ4v) is 5.01. The van der Waals surface area contributed by atoms with Crippen LogP contribution in [-0.4, -0.2) is 36.4 Å². The quantitative estimate of drug-likeness (QED) is 0.511. The number of rotatable bonds is 8. The van der Waals surface area contributed by atoms with E-state index in [0.29, 0.717) is 27.8 Å². The molecule has 0 bridgehead atoms. The van der Waals surface area contributed by atoms with Gasteiger partial charge >= 0.3 is 0 Å². The summed E-state index contributed by atoms with van der Waals surface area (Å²) in [5, 5.41) is 7.95. The Bertz CT molecular complexity index is 1200. The van der Waals surface area contributed by atoms with Crippen LogP contribution in [0.4, 0.5) is 0 Å². The van der Waals surface area contributed by atoms with Gasteiger partial charge in [0.15, 0.2) is 9.84 Å². The largest absolute Gasteiger partial charge is 0.352 e. The number of aryl methyl sites for hydroxylation is 1. The fourth-order valence-electron chi connectivity index (χ4n) is 3.51. The molecule has 1 aromatic heterocycles. The highest BCUT2D eigenvalue weighted by Gasteiger charge is 2.33. The minimum absolute atomic E-state index is 0.0199. The second-order valence-electron chi connectivity index (χ2n) is 7.80. The van der Waals surface area contributed by atoms with Crippen LogP contribution < -0.4 is 5.32 Å². The molecule has 6 nitrogen and oxygen atoms in total. The summed E-state index contributed by atoms with van der Waals surface area (Å²) in [6.45, 7) is 2.21. The van der Waals surface area contributed by atoms with Gasteiger partial charge in [-0.1, -0.05) is 35.9 Å². The predicted molar refractivity (Wildman–Crippen MR) is 121 cm³/mol. The third-order valence-electron chi connectivity index (χ3n) is 5.39. The summed E-state index contributed by atoms with van der Waals surface area (Å²) >= 11 is 6.28. The minimum Gasteiger partial charge on any atom is -0.352 e. The molecule has 0 saturated heterocycles. The van der Waals surface area contributed by atoms with Crippen LogP contribution in [0.3, 0.4) is 0 Å². The number of nitrogens with zero attached hydrogens (tertiary/aromatic N) is 2. The van der Waals surface area contributed by atoms with E-state index in [9.17, 15) is 13.2 Å². The van der Waals surface area contributed by atoms with Crippen molar-refractivity contribution in [2.45, 2.75) is 37.0 Å². The van der Waals surface area contributed by atoms with E-state index in [2.05, 4.69) is 10.4 Å². The molecule has 2 aromatic carbocycles. The number of halogens is 1. The van der Waals surface area contributed by atoms with Gasteiger partial charge in [0.1, 0.15) is 0 Å². The van der Waals surface area contributed by atoms with Crippen molar-refractivity contribution in [2.24, 2.45) is 0 Å². The number of aromatic nitrogens is 2. The summed E-state index contributed by atoms with van der Waals surface area (Å²) in [7, 11) is -3.35. The zero-order chi connectivity index (χ0) is 22.0. The van der Waals surface area contributed by atoms with Crippen LogP contribution in [0.1, 0.15) is 46.8 Å². The number of hydrogen-bond donors (Lipinski definition) is 1. The third kappa shape index (κ3) is 4.83. The molecule has 1 saturated carbocycles. The van der Waals surface area contributed by atoms with E-state index in [1.165, 1.54) is 0 Å². The summed E-state index contributed by atoms with van der Waals surface area (Å²) in [6.07, 6.45) is 3.95. The summed E-state index contributed by atoms with van der Waals surface area (Å²) in [5.41, 5.74) is 3.22. The lowest BCUT2D eigenvalue weighted by Gasteiger charge is -2.11. The van der Waals surface area contributed by atoms with Crippen molar-refractivity contribution in [3.8, 4) is 5.69 Å². The molecule has 1 aliphatic rings. The van der Waals surface area contributed by atoms with E-state index in [-0.39, 0.29) is 18.2 Å². The van der Waals surface area contributed by atoms with Gasteiger partial charge in [-0.2, -0.15) is 5.10 Å². The van der Waals surface area contributed by atoms with Crippen LogP contribution >= 0.6 is 11.6 Å². The number of amides is 1. The Morgan fingerprint density at radius 2 is 1.94 bits per heavy atom. The Hall–Kier alpha value is -2.64. The molecule has 1 aliphatic carbocycles. The molecule has 162 valence electrons. The first kappa shape index (κ1) is 21.6. The average molecular weight is 458 g/mol. The molecule has 1 fully saturated rings. The minimum atomic E-state index is -3.35. The lowest BCUT2D eigenvalue weighted by atomic mass is 10.1. The maximum Gasteiger partial charge on any atom is 0.254 e. The fraction of sp³-hybridized carbons (Fsp3) is 0.304. The first-order valence-electron chi connectivity index (χ1n) is 10.3. The van der Waals surface area contributed by atoms with Crippen molar-refractivity contribution < 1.29 is 13.2 Å². The molecule has 0 radical (unpaired) electrons. The zero-order valence-corrected chi connectivity index (χ0v) is 18.8. The maximum atomic E-state index is 12.8. The molecule has 4 rings (SSSR count). The average Bonchev–Trinajstić information content (AvgIpc) is 3.51. The Balaban J connectivity index is 1.43. The maximum absolute atomic E-state index is 12.8. The lowest BCUT2D eigenvalue weighted by Crippen LogP contribution is -2.26. The molecule has 0 atom stereocenters. The van der Waals surface area contributed by atoms with Crippen molar-refractivity contribution in [2.75, 3.05) is 12.3 Å². The van der Waals surface area contributed by atoms with E-state index in [1.54, 1.807) is 41.2 Å². The van der Waals surface area contributed by atoms with E-state index in [0.717, 1.165) is 29.8 Å². The highest BCUT2D eigenvalue weighted by atomic mass is 35.5. The van der Waals surface area contributed by atoms with Crippen molar-refractivity contribution in [1.82, 2.24) is 15.1 Å². The monoisotopic (exact) mass is 457 g/mol. The molecule has 1 N–H and O–H groups in total. The number of hydrogen-bond acceptors (Lipinski definition) is 4. The van der Waals surface area contributed by atoms with Gasteiger partial charge in [0.05, 0.1) is 33.8 Å². The molecular weight excluding hydrogens is 434 g/mol. The van der Waals surface area contributed by atoms with Crippen LogP contribution in [0, 0.1) is 6.92 Å². The highest BCUT2D eigenvalue weighted by Crippen LogP contribution is 2.42. The second-order valence-corrected chi connectivity index (χ2v) is 10.3. The van der Waals surface area contributed by atoms with Gasteiger partial charge < -0.3 is 5.32 Å². The molecule has 31 heavy (non-hydrogen) atoms. The highest BCUT2D eigenvalue weighted by molar-refractivity contribution is 7.91. The topological polar surface area (TPSA) is 81.1 Å². The molecule has 1 amide bonds. The van der Waals surface area contributed by atoms with E-state index >= 15 is 0 Å². The normalized spacial score (nSPS) is 13.9. The van der Waals surface area contributed by atoms with Gasteiger partial charge in [0.25, 0.3) is 5.91 Å². The van der Waals surface area contributed by atoms with Gasteiger partial charge in [-0.15, -0.1) is 0 Å². The van der Waals surface area contributed by atoms with Crippen molar-refractivity contribution in [3.63, 3.8) is 0 Å². The Labute approximate surface area is 187 Å². The van der Waals surface area contributed by atoms with Gasteiger partial charge in [0.2, 0.25) is 0 Å². The molecule has 3 aromatic rings. The number of nitrogens with one attached hydrogen (secondary N) is 1. The summed E-state index contributed by atoms with van der Waals surface area (Å²) < 4.78 is 26.5. The first-order chi connectivity index (χ1) is 14.9. The summed E-state index contributed by atoms with van der Waals surface area (Å²) in [4.78, 5) is 13.1. The number of sulfone groups is 1. The van der Waals surface area contributed by atoms with E-state index in [1.807, 2.05) is 25.1 Å². The van der Waals surface area contributed by atoms with Crippen LogP contribution in [0.25, 0.3) is 5.69 Å². The van der Waals surface area contributed by atoms with Crippen molar-refractivity contribution in [1.29, 1.82) is 0 Å². The Morgan fingerprint density at radius 1 is 1.19 bits per heavy atom. The van der Waals surface area contributed by atoms with Gasteiger partial charge in [0, 0.05) is 17.5 Å². The standard InChI is InChI=1S/C23H24ClN3O3S/c1-16-8-11-18(14-21(16)24)27-22(17-9-10-17)20(15-26-27)23(28)25-12-5-13-31(29,30)19-6-3-2-4-7-19/h2-4,6-8,11,14-15,17H,5,9-10,12-13H2,1H3,(H,25,28). The molecule has 1 heterocycles. The number of carbonyl (C=O) groups is 1. The number of carbonyl (C=O) groups excluding carboxylic acids is 1. The Kier molecular flexibility index (Phi) is 6.16. The van der Waals surface area contributed by atoms with Crippen LogP contribution in [0.15, 0.2) is 59.6 Å². The second kappa shape index (κ2) is 8.85. The predicted octanol–water partition coefficient (Wildman–Crippen LogP) is 4.31. The van der Waals surface area contributed by atoms with Crippen LogP contribution in [0.5, 0.6) is 0 Å². The third-order valence-corrected chi connectivity index (χ3v) is 7.62. The summed E-state index contributed by atoms with van der Waals surface area (Å²) in [5.74, 6) is 0.0405. The SMILES string of the molecule is Cc1ccc(-n2ncc(C(=O)NCCCS(=O)(=O)c3ccccc3)c2C2CC2)cc1Cl. The van der Waals surface area contributed by atoms with Gasteiger partial charge in [-0.05, 0) is 56.0 Å².